The Kier molecular flexibility index (Phi) is 3.22. The second-order valence-electron chi connectivity index (χ2n) is 4.20. The van der Waals surface area contributed by atoms with Crippen molar-refractivity contribution >= 4 is 18.2 Å². The number of hydrogen-bond acceptors (Lipinski definition) is 3. The van der Waals surface area contributed by atoms with Gasteiger partial charge in [0.15, 0.2) is 0 Å². The zero-order valence-corrected chi connectivity index (χ0v) is 11.4. The highest BCUT2D eigenvalue weighted by molar-refractivity contribution is 7.73. The van der Waals surface area contributed by atoms with E-state index in [1.165, 1.54) is 10.8 Å². The summed E-state index contributed by atoms with van der Waals surface area (Å²) in [6.07, 6.45) is 4.75. The molecular weight excluding hydrogens is 273 g/mol. The Hall–Kier alpha value is -2.23. The number of pyridine rings is 1. The van der Waals surface area contributed by atoms with Crippen LogP contribution in [0.15, 0.2) is 67.1 Å². The topological polar surface area (TPSA) is 68.0 Å². The summed E-state index contributed by atoms with van der Waals surface area (Å²) in [5.41, 5.74) is 0.0994. The first-order valence-corrected chi connectivity index (χ1v) is 7.69. The van der Waals surface area contributed by atoms with Crippen LogP contribution >= 0.6 is 7.37 Å². The van der Waals surface area contributed by atoms with Crippen molar-refractivity contribution in [2.24, 2.45) is 0 Å². The van der Waals surface area contributed by atoms with Crippen molar-refractivity contribution in [3.63, 3.8) is 0 Å². The van der Waals surface area contributed by atoms with E-state index in [4.69, 9.17) is 0 Å². The fourth-order valence-corrected chi connectivity index (χ4v) is 3.43. The minimum absolute atomic E-state index is 0.0994. The van der Waals surface area contributed by atoms with Crippen LogP contribution < -0.4 is 10.9 Å². The monoisotopic (exact) mass is 285 g/mol. The largest absolute Gasteiger partial charge is 0.336 e. The maximum atomic E-state index is 12.7. The highest BCUT2D eigenvalue weighted by Crippen LogP contribution is 2.37. The van der Waals surface area contributed by atoms with Gasteiger partial charge in [-0.25, -0.2) is 9.97 Å². The van der Waals surface area contributed by atoms with Gasteiger partial charge in [-0.15, -0.1) is 0 Å². The maximum Gasteiger partial charge on any atom is 0.293 e. The Labute approximate surface area is 116 Å². The average molecular weight is 285 g/mol. The van der Waals surface area contributed by atoms with Gasteiger partial charge in [-0.1, -0.05) is 24.3 Å². The van der Waals surface area contributed by atoms with E-state index < -0.39 is 7.37 Å². The molecule has 0 fully saturated rings. The van der Waals surface area contributed by atoms with Crippen LogP contribution in [0.2, 0.25) is 0 Å². The first-order chi connectivity index (χ1) is 9.69. The van der Waals surface area contributed by atoms with E-state index >= 15 is 0 Å². The molecule has 2 heterocycles. The van der Waals surface area contributed by atoms with Crippen LogP contribution in [0.3, 0.4) is 0 Å². The molecule has 0 aliphatic rings. The number of benzene rings is 1. The Morgan fingerprint density at radius 2 is 1.70 bits per heavy atom. The van der Waals surface area contributed by atoms with Crippen molar-refractivity contribution in [3.8, 4) is 5.82 Å². The summed E-state index contributed by atoms with van der Waals surface area (Å²) in [5.74, 6) is 0.560. The maximum absolute atomic E-state index is 12.7. The first-order valence-electron chi connectivity index (χ1n) is 6.03. The van der Waals surface area contributed by atoms with Crippen LogP contribution in [0.4, 0.5) is 0 Å². The number of rotatable bonds is 3. The van der Waals surface area contributed by atoms with Crippen LogP contribution in [-0.2, 0) is 4.57 Å². The first kappa shape index (κ1) is 12.8. The van der Waals surface area contributed by atoms with E-state index in [1.807, 2.05) is 6.07 Å². The van der Waals surface area contributed by atoms with Gasteiger partial charge in [-0.05, 0) is 24.3 Å². The van der Waals surface area contributed by atoms with Gasteiger partial charge in [0.05, 0.1) is 0 Å². The quantitative estimate of drug-likeness (QED) is 0.740. The molecule has 3 rings (SSSR count). The Bertz CT molecular complexity index is 756. The third-order valence-corrected chi connectivity index (χ3v) is 4.77. The van der Waals surface area contributed by atoms with E-state index in [1.54, 1.807) is 54.9 Å². The molecule has 5 nitrogen and oxygen atoms in total. The summed E-state index contributed by atoms with van der Waals surface area (Å²) >= 11 is 0. The second-order valence-corrected chi connectivity index (χ2v) is 6.27. The molecule has 6 heteroatoms. The number of aromatic nitrogens is 3. The lowest BCUT2D eigenvalue weighted by molar-refractivity contribution is 0.498. The molecule has 1 aromatic carbocycles. The summed E-state index contributed by atoms with van der Waals surface area (Å²) in [4.78, 5) is 18.7. The predicted octanol–water partition coefficient (Wildman–Crippen LogP) is 1.49. The van der Waals surface area contributed by atoms with Gasteiger partial charge in [0.25, 0.3) is 7.37 Å². The zero-order valence-electron chi connectivity index (χ0n) is 10.5. The van der Waals surface area contributed by atoms with Gasteiger partial charge in [0, 0.05) is 23.9 Å². The molecule has 0 aliphatic carbocycles. The standard InChI is InChI=1S/C14H12N3O2P/c18-20(19,12-6-2-1-3-7-12)14-16-10-11-17(14)13-8-4-5-9-15-13/h1-11H,(H,18,19). The van der Waals surface area contributed by atoms with Crippen LogP contribution in [-0.4, -0.2) is 19.4 Å². The molecule has 0 radical (unpaired) electrons. The molecule has 0 bridgehead atoms. The molecule has 0 amide bonds. The van der Waals surface area contributed by atoms with Gasteiger partial charge < -0.3 is 4.89 Å². The van der Waals surface area contributed by atoms with E-state index in [0.29, 0.717) is 11.1 Å². The van der Waals surface area contributed by atoms with E-state index in [9.17, 15) is 9.46 Å². The summed E-state index contributed by atoms with van der Waals surface area (Å²) in [6, 6.07) is 13.9. The average Bonchev–Trinajstić information content (AvgIpc) is 2.99. The van der Waals surface area contributed by atoms with Crippen LogP contribution in [0, 0.1) is 0 Å². The third-order valence-electron chi connectivity index (χ3n) is 2.89. The lowest BCUT2D eigenvalue weighted by atomic mass is 10.4. The fraction of sp³-hybridized carbons (Fsp3) is 0. The molecule has 100 valence electrons. The second kappa shape index (κ2) is 5.04. The van der Waals surface area contributed by atoms with Crippen molar-refractivity contribution in [1.82, 2.24) is 14.5 Å². The van der Waals surface area contributed by atoms with E-state index in [2.05, 4.69) is 9.97 Å². The molecule has 1 unspecified atom stereocenters. The lowest BCUT2D eigenvalue weighted by Crippen LogP contribution is -2.24. The zero-order chi connectivity index (χ0) is 14.0. The number of nitrogens with zero attached hydrogens (tertiary/aromatic N) is 3. The SMILES string of the molecule is O=P(O)(c1ccccc1)c1nccn1-c1ccccn1. The fourth-order valence-electron chi connectivity index (χ4n) is 1.94. The van der Waals surface area contributed by atoms with Crippen molar-refractivity contribution in [1.29, 1.82) is 0 Å². The van der Waals surface area contributed by atoms with Gasteiger partial charge >= 0.3 is 0 Å². The molecule has 20 heavy (non-hydrogen) atoms. The molecule has 0 aliphatic heterocycles. The molecule has 0 saturated heterocycles. The van der Waals surface area contributed by atoms with Crippen molar-refractivity contribution in [2.75, 3.05) is 0 Å². The van der Waals surface area contributed by atoms with Gasteiger partial charge in [0.2, 0.25) is 5.57 Å². The molecular formula is C14H12N3O2P. The minimum atomic E-state index is -3.74. The van der Waals surface area contributed by atoms with E-state index in [0.717, 1.165) is 0 Å². The highest BCUT2D eigenvalue weighted by atomic mass is 31.2. The third kappa shape index (κ3) is 2.18. The Morgan fingerprint density at radius 3 is 2.40 bits per heavy atom. The van der Waals surface area contributed by atoms with Gasteiger partial charge in [-0.3, -0.25) is 9.13 Å². The lowest BCUT2D eigenvalue weighted by Gasteiger charge is -2.13. The summed E-state index contributed by atoms with van der Waals surface area (Å²) in [5, 5.41) is 0.350. The summed E-state index contributed by atoms with van der Waals surface area (Å²) in [6.45, 7) is 0. The van der Waals surface area contributed by atoms with Crippen molar-refractivity contribution in [3.05, 3.63) is 67.1 Å². The summed E-state index contributed by atoms with van der Waals surface area (Å²) in [7, 11) is -3.74. The van der Waals surface area contributed by atoms with Crippen molar-refractivity contribution in [2.45, 2.75) is 0 Å². The minimum Gasteiger partial charge on any atom is -0.336 e. The predicted molar refractivity (Wildman–Crippen MR) is 76.9 cm³/mol. The Balaban J connectivity index is 2.13. The van der Waals surface area contributed by atoms with Gasteiger partial charge in [-0.2, -0.15) is 0 Å². The number of imidazole rings is 1. The molecule has 3 aromatic rings. The molecule has 0 saturated carbocycles. The molecule has 1 atom stereocenters. The van der Waals surface area contributed by atoms with E-state index in [-0.39, 0.29) is 5.57 Å². The van der Waals surface area contributed by atoms with Crippen LogP contribution in [0.25, 0.3) is 5.82 Å². The molecule has 2 aromatic heterocycles. The summed E-state index contributed by atoms with van der Waals surface area (Å²) < 4.78 is 14.3. The smallest absolute Gasteiger partial charge is 0.293 e. The van der Waals surface area contributed by atoms with Crippen molar-refractivity contribution < 1.29 is 9.46 Å². The molecule has 1 N–H and O–H groups in total. The number of hydrogen-bond donors (Lipinski definition) is 1. The van der Waals surface area contributed by atoms with Crippen LogP contribution in [0.1, 0.15) is 0 Å². The van der Waals surface area contributed by atoms with Gasteiger partial charge in [0.1, 0.15) is 5.82 Å². The van der Waals surface area contributed by atoms with Crippen LogP contribution in [0.5, 0.6) is 0 Å². The normalized spacial score (nSPS) is 13.8. The highest BCUT2D eigenvalue weighted by Gasteiger charge is 2.29. The molecule has 0 spiro atoms. The Morgan fingerprint density at radius 1 is 0.950 bits per heavy atom.